The molecule has 21 heavy (non-hydrogen) atoms. The molecule has 0 fully saturated rings. The zero-order chi connectivity index (χ0) is 15.2. The van der Waals surface area contributed by atoms with Crippen LogP contribution in [0.5, 0.6) is 5.75 Å². The molecule has 4 heteroatoms. The predicted molar refractivity (Wildman–Crippen MR) is 95.0 cm³/mol. The molecular formula is C17H19Br2NO. The molecule has 0 heterocycles. The summed E-state index contributed by atoms with van der Waals surface area (Å²) in [6.07, 6.45) is 0. The lowest BCUT2D eigenvalue weighted by atomic mass is 9.98. The molecule has 0 aliphatic rings. The van der Waals surface area contributed by atoms with E-state index in [4.69, 9.17) is 4.74 Å². The summed E-state index contributed by atoms with van der Waals surface area (Å²) >= 11 is 7.12. The Balaban J connectivity index is 2.33. The van der Waals surface area contributed by atoms with Crippen molar-refractivity contribution in [3.8, 4) is 5.75 Å². The highest BCUT2D eigenvalue weighted by atomic mass is 79.9. The van der Waals surface area contributed by atoms with Gasteiger partial charge in [-0.3, -0.25) is 0 Å². The van der Waals surface area contributed by atoms with Crippen LogP contribution in [0.1, 0.15) is 31.0 Å². The van der Waals surface area contributed by atoms with Gasteiger partial charge in [-0.05, 0) is 54.9 Å². The molecule has 2 rings (SSSR count). The molecule has 0 radical (unpaired) electrons. The molecular weight excluding hydrogens is 394 g/mol. The number of ether oxygens (including phenoxy) is 1. The lowest BCUT2D eigenvalue weighted by Gasteiger charge is -2.20. The van der Waals surface area contributed by atoms with E-state index in [1.165, 1.54) is 11.1 Å². The fraction of sp³-hybridized carbons (Fsp3) is 0.294. The van der Waals surface area contributed by atoms with Gasteiger partial charge in [0.05, 0.1) is 12.6 Å². The molecule has 2 nitrogen and oxygen atoms in total. The Labute approximate surface area is 143 Å². The SMILES string of the molecule is CCNC(c1ccc(OCC)cc1)c1cc(Br)cc(Br)c1. The van der Waals surface area contributed by atoms with Gasteiger partial charge in [0.15, 0.2) is 0 Å². The van der Waals surface area contributed by atoms with Crippen LogP contribution >= 0.6 is 31.9 Å². The topological polar surface area (TPSA) is 21.3 Å². The van der Waals surface area contributed by atoms with Crippen molar-refractivity contribution < 1.29 is 4.74 Å². The van der Waals surface area contributed by atoms with Crippen LogP contribution in [0.2, 0.25) is 0 Å². The second kappa shape index (κ2) is 7.97. The van der Waals surface area contributed by atoms with E-state index in [0.717, 1.165) is 21.2 Å². The molecule has 0 spiro atoms. The molecule has 2 aromatic rings. The molecule has 112 valence electrons. The quantitative estimate of drug-likeness (QED) is 0.694. The van der Waals surface area contributed by atoms with E-state index in [0.29, 0.717) is 6.61 Å². The van der Waals surface area contributed by atoms with Gasteiger partial charge in [-0.1, -0.05) is 50.9 Å². The van der Waals surface area contributed by atoms with Crippen molar-refractivity contribution >= 4 is 31.9 Å². The minimum absolute atomic E-state index is 0.166. The first-order chi connectivity index (χ1) is 10.1. The maximum absolute atomic E-state index is 5.51. The molecule has 0 saturated heterocycles. The van der Waals surface area contributed by atoms with E-state index in [2.05, 4.69) is 68.4 Å². The Morgan fingerprint density at radius 2 is 1.57 bits per heavy atom. The Kier molecular flexibility index (Phi) is 6.27. The maximum atomic E-state index is 5.51. The summed E-state index contributed by atoms with van der Waals surface area (Å²) in [5.74, 6) is 0.909. The largest absolute Gasteiger partial charge is 0.494 e. The summed E-state index contributed by atoms with van der Waals surface area (Å²) < 4.78 is 7.65. The van der Waals surface area contributed by atoms with Crippen molar-refractivity contribution in [1.29, 1.82) is 0 Å². The molecule has 1 unspecified atom stereocenters. The smallest absolute Gasteiger partial charge is 0.119 e. The van der Waals surface area contributed by atoms with Gasteiger partial charge in [0.25, 0.3) is 0 Å². The van der Waals surface area contributed by atoms with Gasteiger partial charge in [0.1, 0.15) is 5.75 Å². The highest BCUT2D eigenvalue weighted by Gasteiger charge is 2.14. The minimum atomic E-state index is 0.166. The van der Waals surface area contributed by atoms with Gasteiger partial charge >= 0.3 is 0 Å². The van der Waals surface area contributed by atoms with E-state index < -0.39 is 0 Å². The van der Waals surface area contributed by atoms with E-state index in [-0.39, 0.29) is 6.04 Å². The number of hydrogen-bond acceptors (Lipinski definition) is 2. The van der Waals surface area contributed by atoms with Crippen LogP contribution in [-0.4, -0.2) is 13.2 Å². The van der Waals surface area contributed by atoms with Crippen LogP contribution in [-0.2, 0) is 0 Å². The number of rotatable bonds is 6. The second-order valence-corrected chi connectivity index (χ2v) is 6.53. The summed E-state index contributed by atoms with van der Waals surface area (Å²) in [6, 6.07) is 14.8. The molecule has 1 N–H and O–H groups in total. The lowest BCUT2D eigenvalue weighted by Crippen LogP contribution is -2.22. The molecule has 0 aromatic heterocycles. The van der Waals surface area contributed by atoms with E-state index in [1.54, 1.807) is 0 Å². The van der Waals surface area contributed by atoms with Crippen LogP contribution in [0.15, 0.2) is 51.4 Å². The van der Waals surface area contributed by atoms with Crippen molar-refractivity contribution in [2.45, 2.75) is 19.9 Å². The fourth-order valence-corrected chi connectivity index (χ4v) is 3.63. The number of hydrogen-bond donors (Lipinski definition) is 1. The number of nitrogens with one attached hydrogen (secondary N) is 1. The third kappa shape index (κ3) is 4.56. The van der Waals surface area contributed by atoms with Crippen LogP contribution in [0.4, 0.5) is 0 Å². The Morgan fingerprint density at radius 3 is 2.10 bits per heavy atom. The highest BCUT2D eigenvalue weighted by Crippen LogP contribution is 2.29. The van der Waals surface area contributed by atoms with Gasteiger partial charge in [-0.15, -0.1) is 0 Å². The highest BCUT2D eigenvalue weighted by molar-refractivity contribution is 9.11. The summed E-state index contributed by atoms with van der Waals surface area (Å²) in [5.41, 5.74) is 2.45. The summed E-state index contributed by atoms with van der Waals surface area (Å²) in [5, 5.41) is 3.54. The number of halogens is 2. The fourth-order valence-electron chi connectivity index (χ4n) is 2.30. The second-order valence-electron chi connectivity index (χ2n) is 4.70. The Bertz CT molecular complexity index is 564. The Morgan fingerprint density at radius 1 is 0.952 bits per heavy atom. The molecule has 0 aliphatic carbocycles. The molecule has 0 saturated carbocycles. The van der Waals surface area contributed by atoms with Gasteiger partial charge < -0.3 is 10.1 Å². The molecule has 2 aromatic carbocycles. The van der Waals surface area contributed by atoms with Gasteiger partial charge in [-0.2, -0.15) is 0 Å². The van der Waals surface area contributed by atoms with Crippen LogP contribution in [0.3, 0.4) is 0 Å². The average molecular weight is 413 g/mol. The van der Waals surface area contributed by atoms with E-state index in [9.17, 15) is 0 Å². The van der Waals surface area contributed by atoms with E-state index in [1.807, 2.05) is 25.1 Å². The maximum Gasteiger partial charge on any atom is 0.119 e. The average Bonchev–Trinajstić information content (AvgIpc) is 2.45. The van der Waals surface area contributed by atoms with Crippen molar-refractivity contribution in [3.05, 3.63) is 62.5 Å². The molecule has 1 atom stereocenters. The summed E-state index contributed by atoms with van der Waals surface area (Å²) in [6.45, 7) is 5.71. The summed E-state index contributed by atoms with van der Waals surface area (Å²) in [4.78, 5) is 0. The standard InChI is InChI=1S/C17H19Br2NO/c1-3-20-17(13-9-14(18)11-15(19)10-13)12-5-7-16(8-6-12)21-4-2/h5-11,17,20H,3-4H2,1-2H3. The zero-order valence-corrected chi connectivity index (χ0v) is 15.4. The van der Waals surface area contributed by atoms with Crippen molar-refractivity contribution in [1.82, 2.24) is 5.32 Å². The molecule has 0 amide bonds. The third-order valence-electron chi connectivity index (χ3n) is 3.15. The monoisotopic (exact) mass is 411 g/mol. The van der Waals surface area contributed by atoms with E-state index >= 15 is 0 Å². The van der Waals surface area contributed by atoms with Crippen LogP contribution in [0.25, 0.3) is 0 Å². The normalized spacial score (nSPS) is 12.2. The minimum Gasteiger partial charge on any atom is -0.494 e. The van der Waals surface area contributed by atoms with Crippen molar-refractivity contribution in [2.75, 3.05) is 13.2 Å². The first kappa shape index (κ1) is 16.5. The van der Waals surface area contributed by atoms with Gasteiger partial charge in [0.2, 0.25) is 0 Å². The number of benzene rings is 2. The zero-order valence-electron chi connectivity index (χ0n) is 12.2. The van der Waals surface area contributed by atoms with Gasteiger partial charge in [-0.25, -0.2) is 0 Å². The van der Waals surface area contributed by atoms with Crippen LogP contribution < -0.4 is 10.1 Å². The first-order valence-electron chi connectivity index (χ1n) is 7.06. The predicted octanol–water partition coefficient (Wildman–Crippen LogP) is 5.31. The lowest BCUT2D eigenvalue weighted by molar-refractivity contribution is 0.340. The van der Waals surface area contributed by atoms with Crippen molar-refractivity contribution in [3.63, 3.8) is 0 Å². The molecule has 0 bridgehead atoms. The van der Waals surface area contributed by atoms with Crippen molar-refractivity contribution in [2.24, 2.45) is 0 Å². The Hall–Kier alpha value is -0.840. The summed E-state index contributed by atoms with van der Waals surface area (Å²) in [7, 11) is 0. The first-order valence-corrected chi connectivity index (χ1v) is 8.64. The molecule has 0 aliphatic heterocycles. The van der Waals surface area contributed by atoms with Gasteiger partial charge in [0, 0.05) is 8.95 Å². The van der Waals surface area contributed by atoms with Crippen LogP contribution in [0, 0.1) is 0 Å². The third-order valence-corrected chi connectivity index (χ3v) is 4.07.